The molecule has 1 N–H and O–H groups in total. The standard InChI is InChI=1S/C9H9F6NO2/c1-5-3-2-4-18-7(8(10,11)12,9(13,14)15)16-6(5)17/h1-4H2,(H,16,17). The van der Waals surface area contributed by atoms with Crippen molar-refractivity contribution in [3.05, 3.63) is 12.2 Å². The smallest absolute Gasteiger partial charge is 0.341 e. The Morgan fingerprint density at radius 2 is 1.67 bits per heavy atom. The highest BCUT2D eigenvalue weighted by Gasteiger charge is 2.74. The number of rotatable bonds is 0. The fraction of sp³-hybridized carbons (Fsp3) is 0.667. The van der Waals surface area contributed by atoms with Crippen LogP contribution >= 0.6 is 0 Å². The zero-order chi connectivity index (χ0) is 14.2. The maximum Gasteiger partial charge on any atom is 0.446 e. The van der Waals surface area contributed by atoms with Crippen LogP contribution in [0.25, 0.3) is 0 Å². The first-order valence-electron chi connectivity index (χ1n) is 4.79. The van der Waals surface area contributed by atoms with Gasteiger partial charge in [-0.1, -0.05) is 6.58 Å². The van der Waals surface area contributed by atoms with Gasteiger partial charge in [-0.15, -0.1) is 0 Å². The summed E-state index contributed by atoms with van der Waals surface area (Å²) in [6, 6.07) is 0. The van der Waals surface area contributed by atoms with E-state index in [1.807, 2.05) is 0 Å². The molecule has 1 aliphatic rings. The fourth-order valence-electron chi connectivity index (χ4n) is 1.37. The molecule has 0 aromatic carbocycles. The van der Waals surface area contributed by atoms with E-state index in [9.17, 15) is 31.1 Å². The molecule has 104 valence electrons. The van der Waals surface area contributed by atoms with E-state index in [1.165, 1.54) is 0 Å². The Hall–Kier alpha value is -1.25. The van der Waals surface area contributed by atoms with Crippen LogP contribution in [0.4, 0.5) is 26.3 Å². The first kappa shape index (κ1) is 14.8. The van der Waals surface area contributed by atoms with Gasteiger partial charge in [-0.3, -0.25) is 4.79 Å². The Bertz CT molecular complexity index is 345. The number of carbonyl (C=O) groups is 1. The highest BCUT2D eigenvalue weighted by Crippen LogP contribution is 2.44. The number of ether oxygens (including phenoxy) is 1. The molecule has 1 rings (SSSR count). The van der Waals surface area contributed by atoms with Crippen LogP contribution in [0.15, 0.2) is 12.2 Å². The summed E-state index contributed by atoms with van der Waals surface area (Å²) in [6.45, 7) is 2.33. The number of amides is 1. The van der Waals surface area contributed by atoms with E-state index in [0.29, 0.717) is 0 Å². The Balaban J connectivity index is 3.23. The van der Waals surface area contributed by atoms with Crippen LogP contribution in [-0.4, -0.2) is 30.6 Å². The summed E-state index contributed by atoms with van der Waals surface area (Å²) in [7, 11) is 0. The monoisotopic (exact) mass is 277 g/mol. The molecule has 1 heterocycles. The molecule has 9 heteroatoms. The molecular weight excluding hydrogens is 268 g/mol. The minimum absolute atomic E-state index is 0.0301. The van der Waals surface area contributed by atoms with Gasteiger partial charge >= 0.3 is 18.1 Å². The van der Waals surface area contributed by atoms with E-state index in [1.54, 1.807) is 0 Å². The molecule has 0 radical (unpaired) electrons. The molecule has 3 nitrogen and oxygen atoms in total. The van der Waals surface area contributed by atoms with Crippen molar-refractivity contribution in [2.24, 2.45) is 0 Å². The zero-order valence-corrected chi connectivity index (χ0v) is 8.91. The van der Waals surface area contributed by atoms with Crippen molar-refractivity contribution in [3.8, 4) is 0 Å². The molecule has 0 saturated carbocycles. The maximum absolute atomic E-state index is 12.6. The molecule has 0 spiro atoms. The molecule has 18 heavy (non-hydrogen) atoms. The van der Waals surface area contributed by atoms with Crippen LogP contribution in [0.5, 0.6) is 0 Å². The van der Waals surface area contributed by atoms with Crippen molar-refractivity contribution < 1.29 is 35.9 Å². The van der Waals surface area contributed by atoms with Gasteiger partial charge in [0.25, 0.3) is 0 Å². The highest BCUT2D eigenvalue weighted by atomic mass is 19.4. The average Bonchev–Trinajstić information content (AvgIpc) is 2.15. The lowest BCUT2D eigenvalue weighted by Crippen LogP contribution is -2.69. The molecule has 0 unspecified atom stereocenters. The van der Waals surface area contributed by atoms with Crippen LogP contribution in [-0.2, 0) is 9.53 Å². The summed E-state index contributed by atoms with van der Waals surface area (Å²) in [5, 5.41) is 0.851. The minimum atomic E-state index is -5.82. The second-order valence-corrected chi connectivity index (χ2v) is 3.69. The SMILES string of the molecule is C=C1CCCOC(C(F)(F)F)(C(F)(F)F)NC1=O. The minimum Gasteiger partial charge on any atom is -0.341 e. The van der Waals surface area contributed by atoms with Gasteiger partial charge in [0.05, 0.1) is 6.61 Å². The number of hydrogen-bond acceptors (Lipinski definition) is 2. The van der Waals surface area contributed by atoms with Gasteiger partial charge in [0.2, 0.25) is 5.91 Å². The number of hydrogen-bond donors (Lipinski definition) is 1. The van der Waals surface area contributed by atoms with E-state index in [4.69, 9.17) is 0 Å². The molecule has 0 aromatic rings. The largest absolute Gasteiger partial charge is 0.446 e. The molecule has 1 aliphatic heterocycles. The van der Waals surface area contributed by atoms with E-state index < -0.39 is 30.6 Å². The third-order valence-corrected chi connectivity index (χ3v) is 2.35. The van der Waals surface area contributed by atoms with Crippen LogP contribution in [0, 0.1) is 0 Å². The molecule has 0 atom stereocenters. The fourth-order valence-corrected chi connectivity index (χ4v) is 1.37. The van der Waals surface area contributed by atoms with Crippen molar-refractivity contribution in [1.29, 1.82) is 0 Å². The summed E-state index contributed by atoms with van der Waals surface area (Å²) >= 11 is 0. The van der Waals surface area contributed by atoms with Crippen LogP contribution < -0.4 is 5.32 Å². The average molecular weight is 277 g/mol. The van der Waals surface area contributed by atoms with Gasteiger partial charge in [-0.05, 0) is 12.8 Å². The molecule has 0 bridgehead atoms. The van der Waals surface area contributed by atoms with Crippen LogP contribution in [0.1, 0.15) is 12.8 Å². The van der Waals surface area contributed by atoms with Gasteiger partial charge in [0, 0.05) is 5.57 Å². The number of halogens is 6. The third kappa shape index (κ3) is 2.45. The number of alkyl halides is 6. The van der Waals surface area contributed by atoms with Gasteiger partial charge in [0.15, 0.2) is 0 Å². The van der Waals surface area contributed by atoms with Gasteiger partial charge in [-0.25, -0.2) is 0 Å². The van der Waals surface area contributed by atoms with Crippen molar-refractivity contribution in [2.75, 3.05) is 6.61 Å². The quantitative estimate of drug-likeness (QED) is 0.545. The lowest BCUT2D eigenvalue weighted by molar-refractivity contribution is -0.389. The van der Waals surface area contributed by atoms with E-state index in [-0.39, 0.29) is 18.4 Å². The van der Waals surface area contributed by atoms with Crippen LogP contribution in [0.3, 0.4) is 0 Å². The van der Waals surface area contributed by atoms with Crippen LogP contribution in [0.2, 0.25) is 0 Å². The summed E-state index contributed by atoms with van der Waals surface area (Å²) in [5.74, 6) is -1.52. The molecule has 0 aromatic heterocycles. The Kier molecular flexibility index (Phi) is 3.66. The molecule has 1 saturated heterocycles. The van der Waals surface area contributed by atoms with E-state index in [0.717, 1.165) is 5.32 Å². The van der Waals surface area contributed by atoms with Gasteiger partial charge in [0.1, 0.15) is 0 Å². The van der Waals surface area contributed by atoms with Crippen molar-refractivity contribution in [1.82, 2.24) is 5.32 Å². The molecule has 1 amide bonds. The zero-order valence-electron chi connectivity index (χ0n) is 8.91. The third-order valence-electron chi connectivity index (χ3n) is 2.35. The Labute approximate surface area is 97.8 Å². The maximum atomic E-state index is 12.6. The summed E-state index contributed by atoms with van der Waals surface area (Å²) in [6.07, 6.45) is -11.8. The second-order valence-electron chi connectivity index (χ2n) is 3.69. The normalized spacial score (nSPS) is 22.1. The summed E-state index contributed by atoms with van der Waals surface area (Å²) in [4.78, 5) is 11.2. The van der Waals surface area contributed by atoms with Crippen molar-refractivity contribution >= 4 is 5.91 Å². The number of carbonyl (C=O) groups excluding carboxylic acids is 1. The van der Waals surface area contributed by atoms with Crippen molar-refractivity contribution in [3.63, 3.8) is 0 Å². The first-order valence-corrected chi connectivity index (χ1v) is 4.79. The number of nitrogens with one attached hydrogen (secondary N) is 1. The van der Waals surface area contributed by atoms with Crippen molar-refractivity contribution in [2.45, 2.75) is 30.9 Å². The Morgan fingerprint density at radius 1 is 1.17 bits per heavy atom. The predicted molar refractivity (Wildman–Crippen MR) is 47.3 cm³/mol. The molecule has 1 fully saturated rings. The van der Waals surface area contributed by atoms with Gasteiger partial charge < -0.3 is 10.1 Å². The Morgan fingerprint density at radius 3 is 2.11 bits per heavy atom. The van der Waals surface area contributed by atoms with E-state index >= 15 is 0 Å². The van der Waals surface area contributed by atoms with Gasteiger partial charge in [-0.2, -0.15) is 26.3 Å². The summed E-state index contributed by atoms with van der Waals surface area (Å²) < 4.78 is 79.6. The first-order chi connectivity index (χ1) is 8.01. The predicted octanol–water partition coefficient (Wildman–Crippen LogP) is 2.29. The van der Waals surface area contributed by atoms with E-state index in [2.05, 4.69) is 11.3 Å². The molecule has 0 aliphatic carbocycles. The highest BCUT2D eigenvalue weighted by molar-refractivity contribution is 5.93. The lowest BCUT2D eigenvalue weighted by Gasteiger charge is -2.38. The topological polar surface area (TPSA) is 38.3 Å². The molecular formula is C9H9F6NO2. The second kappa shape index (κ2) is 4.45. The summed E-state index contributed by atoms with van der Waals surface area (Å²) in [5.41, 5.74) is -5.03. The lowest BCUT2D eigenvalue weighted by atomic mass is 10.1.